The van der Waals surface area contributed by atoms with Gasteiger partial charge in [-0.1, -0.05) is 26.0 Å². The van der Waals surface area contributed by atoms with Crippen LogP contribution < -0.4 is 0 Å². The van der Waals surface area contributed by atoms with Gasteiger partial charge in [0, 0.05) is 12.6 Å². The lowest BCUT2D eigenvalue weighted by Gasteiger charge is -2.29. The average Bonchev–Trinajstić information content (AvgIpc) is 2.60. The summed E-state index contributed by atoms with van der Waals surface area (Å²) in [6, 6.07) is -0.166. The molecule has 3 atom stereocenters. The van der Waals surface area contributed by atoms with Crippen LogP contribution in [0.15, 0.2) is 12.2 Å². The molecule has 18 heavy (non-hydrogen) atoms. The molecule has 0 saturated carbocycles. The molecule has 4 nitrogen and oxygen atoms in total. The van der Waals surface area contributed by atoms with Gasteiger partial charge in [0.25, 0.3) is 0 Å². The minimum absolute atomic E-state index is 0.00743. The summed E-state index contributed by atoms with van der Waals surface area (Å²) in [6.45, 7) is 3.98. The van der Waals surface area contributed by atoms with Crippen LogP contribution in [0.25, 0.3) is 0 Å². The number of rotatable bonds is 4. The van der Waals surface area contributed by atoms with E-state index in [1.807, 2.05) is 26.0 Å². The number of likely N-dealkylation sites (tertiary alicyclic amines) is 1. The molecule has 1 heterocycles. The first-order valence-corrected chi connectivity index (χ1v) is 6.70. The fourth-order valence-corrected chi connectivity index (χ4v) is 3.05. The third-order valence-electron chi connectivity index (χ3n) is 4.07. The van der Waals surface area contributed by atoms with Gasteiger partial charge in [0.1, 0.15) is 0 Å². The second-order valence-corrected chi connectivity index (χ2v) is 5.53. The number of fused-ring (bicyclic) bond motifs is 1. The maximum atomic E-state index is 12.4. The predicted molar refractivity (Wildman–Crippen MR) is 67.5 cm³/mol. The molecule has 2 amide bonds. The summed E-state index contributed by atoms with van der Waals surface area (Å²) >= 11 is 0. The van der Waals surface area contributed by atoms with Crippen molar-refractivity contribution in [2.75, 3.05) is 6.61 Å². The molecule has 0 aromatic rings. The highest BCUT2D eigenvalue weighted by Gasteiger charge is 2.49. The standard InChI is InChI=1S/C14H21NO3/c1-9(2)12(7-8-16)15-13(17)10-5-3-4-6-11(10)14(15)18/h3-4,9-12,16H,5-8H2,1-2H3. The van der Waals surface area contributed by atoms with Gasteiger partial charge in [-0.15, -0.1) is 0 Å². The van der Waals surface area contributed by atoms with Crippen LogP contribution in [0, 0.1) is 17.8 Å². The molecule has 1 aliphatic heterocycles. The van der Waals surface area contributed by atoms with Crippen molar-refractivity contribution < 1.29 is 14.7 Å². The van der Waals surface area contributed by atoms with Gasteiger partial charge in [0.15, 0.2) is 0 Å². The van der Waals surface area contributed by atoms with Gasteiger partial charge in [0.05, 0.1) is 11.8 Å². The summed E-state index contributed by atoms with van der Waals surface area (Å²) in [7, 11) is 0. The number of aliphatic hydroxyl groups excluding tert-OH is 1. The van der Waals surface area contributed by atoms with Crippen molar-refractivity contribution in [3.05, 3.63) is 12.2 Å². The lowest BCUT2D eigenvalue weighted by atomic mass is 9.85. The Bertz CT molecular complexity index is 349. The van der Waals surface area contributed by atoms with Crippen molar-refractivity contribution in [1.29, 1.82) is 0 Å². The van der Waals surface area contributed by atoms with E-state index in [4.69, 9.17) is 5.11 Å². The maximum absolute atomic E-state index is 12.4. The van der Waals surface area contributed by atoms with Gasteiger partial charge in [-0.25, -0.2) is 0 Å². The van der Waals surface area contributed by atoms with E-state index in [2.05, 4.69) is 0 Å². The number of imide groups is 1. The van der Waals surface area contributed by atoms with Gasteiger partial charge in [-0.3, -0.25) is 14.5 Å². The van der Waals surface area contributed by atoms with Crippen LogP contribution in [0.1, 0.15) is 33.1 Å². The zero-order valence-electron chi connectivity index (χ0n) is 11.0. The van der Waals surface area contributed by atoms with Crippen molar-refractivity contribution in [2.24, 2.45) is 17.8 Å². The van der Waals surface area contributed by atoms with Crippen LogP contribution in [0.5, 0.6) is 0 Å². The molecule has 0 aromatic carbocycles. The Kier molecular flexibility index (Phi) is 3.85. The number of amides is 2. The Balaban J connectivity index is 2.23. The first-order valence-electron chi connectivity index (χ1n) is 6.70. The second-order valence-electron chi connectivity index (χ2n) is 5.53. The quantitative estimate of drug-likeness (QED) is 0.606. The summed E-state index contributed by atoms with van der Waals surface area (Å²) in [4.78, 5) is 26.2. The normalized spacial score (nSPS) is 29.0. The Labute approximate surface area is 108 Å². The number of hydrogen-bond donors (Lipinski definition) is 1. The fraction of sp³-hybridized carbons (Fsp3) is 0.714. The van der Waals surface area contributed by atoms with Crippen LogP contribution >= 0.6 is 0 Å². The lowest BCUT2D eigenvalue weighted by molar-refractivity contribution is -0.144. The van der Waals surface area contributed by atoms with Crippen LogP contribution in [-0.4, -0.2) is 34.5 Å². The van der Waals surface area contributed by atoms with Crippen molar-refractivity contribution >= 4 is 11.8 Å². The maximum Gasteiger partial charge on any atom is 0.233 e. The van der Waals surface area contributed by atoms with E-state index in [0.29, 0.717) is 19.3 Å². The molecule has 1 saturated heterocycles. The SMILES string of the molecule is CC(C)C(CCO)N1C(=O)C2CC=CCC2C1=O. The van der Waals surface area contributed by atoms with Gasteiger partial charge in [-0.2, -0.15) is 0 Å². The molecule has 100 valence electrons. The minimum Gasteiger partial charge on any atom is -0.396 e. The van der Waals surface area contributed by atoms with E-state index in [0.717, 1.165) is 0 Å². The lowest BCUT2D eigenvalue weighted by Crippen LogP contribution is -2.44. The predicted octanol–water partition coefficient (Wildman–Crippen LogP) is 1.34. The van der Waals surface area contributed by atoms with Gasteiger partial charge >= 0.3 is 0 Å². The summed E-state index contributed by atoms with van der Waals surface area (Å²) in [5.74, 6) is -0.231. The van der Waals surface area contributed by atoms with E-state index >= 15 is 0 Å². The van der Waals surface area contributed by atoms with Crippen molar-refractivity contribution in [3.8, 4) is 0 Å². The number of allylic oxidation sites excluding steroid dienone is 2. The van der Waals surface area contributed by atoms with Crippen LogP contribution in [0.2, 0.25) is 0 Å². The zero-order valence-corrected chi connectivity index (χ0v) is 11.0. The van der Waals surface area contributed by atoms with Crippen molar-refractivity contribution in [1.82, 2.24) is 4.90 Å². The highest BCUT2D eigenvalue weighted by atomic mass is 16.3. The Morgan fingerprint density at radius 1 is 1.22 bits per heavy atom. The number of nitrogens with zero attached hydrogens (tertiary/aromatic N) is 1. The Hall–Kier alpha value is -1.16. The molecule has 4 heteroatoms. The van der Waals surface area contributed by atoms with Crippen molar-refractivity contribution in [3.63, 3.8) is 0 Å². The summed E-state index contributed by atoms with van der Waals surface area (Å²) < 4.78 is 0. The van der Waals surface area contributed by atoms with Gasteiger partial charge in [0.2, 0.25) is 11.8 Å². The zero-order chi connectivity index (χ0) is 13.3. The molecule has 0 radical (unpaired) electrons. The largest absolute Gasteiger partial charge is 0.396 e. The minimum atomic E-state index is -0.166. The molecule has 3 unspecified atom stereocenters. The monoisotopic (exact) mass is 251 g/mol. The van der Waals surface area contributed by atoms with Crippen LogP contribution in [0.4, 0.5) is 0 Å². The number of carbonyl (C=O) groups is 2. The second kappa shape index (κ2) is 5.22. The Morgan fingerprint density at radius 2 is 1.72 bits per heavy atom. The smallest absolute Gasteiger partial charge is 0.233 e. The summed E-state index contributed by atoms with van der Waals surface area (Å²) in [5, 5.41) is 9.12. The molecule has 1 aliphatic carbocycles. The van der Waals surface area contributed by atoms with Crippen molar-refractivity contribution in [2.45, 2.75) is 39.2 Å². The number of hydrogen-bond acceptors (Lipinski definition) is 3. The molecule has 1 fully saturated rings. The molecule has 0 bridgehead atoms. The fourth-order valence-electron chi connectivity index (χ4n) is 3.05. The first-order chi connectivity index (χ1) is 8.57. The first kappa shape index (κ1) is 13.3. The molecule has 2 rings (SSSR count). The summed E-state index contributed by atoms with van der Waals surface area (Å²) in [6.07, 6.45) is 5.81. The molecular formula is C14H21NO3. The molecule has 0 spiro atoms. The van der Waals surface area contributed by atoms with E-state index in [-0.39, 0.29) is 42.2 Å². The van der Waals surface area contributed by atoms with E-state index in [1.54, 1.807) is 0 Å². The van der Waals surface area contributed by atoms with E-state index in [1.165, 1.54) is 4.90 Å². The van der Waals surface area contributed by atoms with E-state index in [9.17, 15) is 9.59 Å². The van der Waals surface area contributed by atoms with Crippen LogP contribution in [-0.2, 0) is 9.59 Å². The third-order valence-corrected chi connectivity index (χ3v) is 4.07. The highest BCUT2D eigenvalue weighted by Crippen LogP contribution is 2.37. The summed E-state index contributed by atoms with van der Waals surface area (Å²) in [5.41, 5.74) is 0. The highest BCUT2D eigenvalue weighted by molar-refractivity contribution is 6.05. The number of aliphatic hydroxyl groups is 1. The number of carbonyl (C=O) groups excluding carboxylic acids is 2. The topological polar surface area (TPSA) is 57.6 Å². The van der Waals surface area contributed by atoms with Gasteiger partial charge < -0.3 is 5.11 Å². The molecule has 0 aromatic heterocycles. The van der Waals surface area contributed by atoms with Crippen LogP contribution in [0.3, 0.4) is 0 Å². The van der Waals surface area contributed by atoms with E-state index < -0.39 is 0 Å². The Morgan fingerprint density at radius 3 is 2.11 bits per heavy atom. The molecule has 1 N–H and O–H groups in total. The average molecular weight is 251 g/mol. The molecule has 2 aliphatic rings. The molecular weight excluding hydrogens is 230 g/mol. The van der Waals surface area contributed by atoms with Gasteiger partial charge in [-0.05, 0) is 25.2 Å². The third kappa shape index (κ3) is 2.09.